The van der Waals surface area contributed by atoms with Crippen LogP contribution in [-0.2, 0) is 12.8 Å². The predicted molar refractivity (Wildman–Crippen MR) is 87.9 cm³/mol. The number of benzene rings is 2. The molecule has 1 aliphatic carbocycles. The minimum atomic E-state index is -0.0580. The quantitative estimate of drug-likeness (QED) is 0.837. The van der Waals surface area contributed by atoms with Crippen molar-refractivity contribution in [1.29, 1.82) is 0 Å². The van der Waals surface area contributed by atoms with Gasteiger partial charge in [0.1, 0.15) is 5.82 Å². The highest BCUT2D eigenvalue weighted by Crippen LogP contribution is 2.33. The van der Waals surface area contributed by atoms with Gasteiger partial charge in [0, 0.05) is 16.6 Å². The molecule has 2 atom stereocenters. The molecule has 0 aliphatic heterocycles. The molecule has 0 bridgehead atoms. The molecule has 2 aromatic carbocycles. The van der Waals surface area contributed by atoms with Gasteiger partial charge >= 0.3 is 0 Å². The van der Waals surface area contributed by atoms with E-state index >= 15 is 0 Å². The molecule has 0 radical (unpaired) electrons. The number of nitrogens with one attached hydrogen (secondary N) is 1. The molecule has 0 heterocycles. The highest BCUT2D eigenvalue weighted by molar-refractivity contribution is 9.10. The van der Waals surface area contributed by atoms with Crippen LogP contribution in [-0.4, -0.2) is 6.04 Å². The van der Waals surface area contributed by atoms with Crippen LogP contribution in [0.1, 0.15) is 36.1 Å². The van der Waals surface area contributed by atoms with Gasteiger partial charge in [-0.3, -0.25) is 0 Å². The maximum atomic E-state index is 13.8. The van der Waals surface area contributed by atoms with Crippen LogP contribution in [0, 0.1) is 5.82 Å². The van der Waals surface area contributed by atoms with Crippen molar-refractivity contribution >= 4 is 15.9 Å². The van der Waals surface area contributed by atoms with Gasteiger partial charge in [0.2, 0.25) is 0 Å². The maximum Gasteiger partial charge on any atom is 0.126 e. The molecule has 0 spiro atoms. The third-order valence-electron chi connectivity index (χ3n) is 4.15. The molecule has 0 amide bonds. The molecule has 3 heteroatoms. The van der Waals surface area contributed by atoms with Gasteiger partial charge in [0.25, 0.3) is 0 Å². The van der Waals surface area contributed by atoms with Crippen LogP contribution >= 0.6 is 15.9 Å². The Morgan fingerprint density at radius 1 is 1.24 bits per heavy atom. The molecular weight excluding hydrogens is 329 g/mol. The van der Waals surface area contributed by atoms with Crippen LogP contribution in [0.15, 0.2) is 46.9 Å². The van der Waals surface area contributed by atoms with Crippen LogP contribution < -0.4 is 5.32 Å². The molecule has 0 aromatic heterocycles. The summed E-state index contributed by atoms with van der Waals surface area (Å²) in [6.45, 7) is 2.19. The molecule has 0 saturated carbocycles. The average Bonchev–Trinajstić information content (AvgIpc) is 2.86. The van der Waals surface area contributed by atoms with Crippen molar-refractivity contribution in [3.63, 3.8) is 0 Å². The maximum absolute atomic E-state index is 13.8. The van der Waals surface area contributed by atoms with Crippen molar-refractivity contribution < 1.29 is 4.39 Å². The Hall–Kier alpha value is -1.19. The Morgan fingerprint density at radius 3 is 2.76 bits per heavy atom. The number of hydrogen-bond donors (Lipinski definition) is 1. The second kappa shape index (κ2) is 6.29. The summed E-state index contributed by atoms with van der Waals surface area (Å²) in [6.07, 6.45) is 2.81. The number of halogens is 2. The first-order valence-electron chi connectivity index (χ1n) is 7.41. The van der Waals surface area contributed by atoms with E-state index in [0.717, 1.165) is 34.9 Å². The topological polar surface area (TPSA) is 12.0 Å². The van der Waals surface area contributed by atoms with E-state index < -0.39 is 0 Å². The zero-order valence-corrected chi connectivity index (χ0v) is 13.7. The van der Waals surface area contributed by atoms with Crippen molar-refractivity contribution in [3.05, 3.63) is 69.4 Å². The monoisotopic (exact) mass is 347 g/mol. The smallest absolute Gasteiger partial charge is 0.126 e. The zero-order chi connectivity index (χ0) is 14.8. The first-order chi connectivity index (χ1) is 10.1. The molecule has 0 saturated heterocycles. The molecular formula is C18H19BrFN. The van der Waals surface area contributed by atoms with Gasteiger partial charge in [0.15, 0.2) is 0 Å². The highest BCUT2D eigenvalue weighted by Gasteiger charge is 2.25. The summed E-state index contributed by atoms with van der Waals surface area (Å²) in [5, 5.41) is 3.65. The lowest BCUT2D eigenvalue weighted by atomic mass is 10.0. The van der Waals surface area contributed by atoms with E-state index in [1.54, 1.807) is 6.07 Å². The van der Waals surface area contributed by atoms with Crippen molar-refractivity contribution in [2.24, 2.45) is 0 Å². The molecule has 2 aromatic rings. The van der Waals surface area contributed by atoms with Gasteiger partial charge in [-0.25, -0.2) is 4.39 Å². The lowest BCUT2D eigenvalue weighted by molar-refractivity contribution is 0.451. The van der Waals surface area contributed by atoms with E-state index in [1.807, 2.05) is 6.07 Å². The standard InChI is InChI=1S/C18H19BrFN/c1-12(11-13-5-7-14(19)8-6-13)21-18-10-9-15-16(18)3-2-4-17(15)20/h2-8,12,18,21H,9-11H2,1H3. The fourth-order valence-electron chi connectivity index (χ4n) is 3.16. The molecule has 1 nitrogen and oxygen atoms in total. The molecule has 1 N–H and O–H groups in total. The van der Waals surface area contributed by atoms with Gasteiger partial charge in [-0.05, 0) is 61.1 Å². The Balaban J connectivity index is 1.65. The second-order valence-electron chi connectivity index (χ2n) is 5.80. The summed E-state index contributed by atoms with van der Waals surface area (Å²) in [5.74, 6) is -0.0580. The Kier molecular flexibility index (Phi) is 4.41. The summed E-state index contributed by atoms with van der Waals surface area (Å²) in [7, 11) is 0. The van der Waals surface area contributed by atoms with Crippen molar-refractivity contribution in [2.45, 2.75) is 38.3 Å². The molecule has 21 heavy (non-hydrogen) atoms. The van der Waals surface area contributed by atoms with Crippen molar-refractivity contribution in [2.75, 3.05) is 0 Å². The average molecular weight is 348 g/mol. The Bertz CT molecular complexity index is 624. The second-order valence-corrected chi connectivity index (χ2v) is 6.71. The van der Waals surface area contributed by atoms with Crippen molar-refractivity contribution in [1.82, 2.24) is 5.32 Å². The van der Waals surface area contributed by atoms with Crippen molar-refractivity contribution in [3.8, 4) is 0 Å². The molecule has 110 valence electrons. The molecule has 1 aliphatic rings. The minimum Gasteiger partial charge on any atom is -0.307 e. The van der Waals surface area contributed by atoms with Crippen LogP contribution in [0.5, 0.6) is 0 Å². The van der Waals surface area contributed by atoms with E-state index in [2.05, 4.69) is 58.5 Å². The molecule has 2 unspecified atom stereocenters. The van der Waals surface area contributed by atoms with E-state index in [9.17, 15) is 4.39 Å². The lowest BCUT2D eigenvalue weighted by Gasteiger charge is -2.20. The highest BCUT2D eigenvalue weighted by atomic mass is 79.9. The fraction of sp³-hybridized carbons (Fsp3) is 0.333. The third-order valence-corrected chi connectivity index (χ3v) is 4.68. The first-order valence-corrected chi connectivity index (χ1v) is 8.20. The molecule has 0 fully saturated rings. The first kappa shape index (κ1) is 14.7. The van der Waals surface area contributed by atoms with Gasteiger partial charge < -0.3 is 5.32 Å². The minimum absolute atomic E-state index is 0.0580. The summed E-state index contributed by atoms with van der Waals surface area (Å²) >= 11 is 3.46. The largest absolute Gasteiger partial charge is 0.307 e. The van der Waals surface area contributed by atoms with Gasteiger partial charge in [-0.15, -0.1) is 0 Å². The van der Waals surface area contributed by atoms with E-state index in [-0.39, 0.29) is 11.9 Å². The summed E-state index contributed by atoms with van der Waals surface area (Å²) < 4.78 is 14.9. The van der Waals surface area contributed by atoms with Gasteiger partial charge in [0.05, 0.1) is 0 Å². The predicted octanol–water partition coefficient (Wildman–Crippen LogP) is 4.80. The van der Waals surface area contributed by atoms with Crippen LogP contribution in [0.4, 0.5) is 4.39 Å². The Labute approximate surface area is 133 Å². The molecule has 3 rings (SSSR count). The van der Waals surface area contributed by atoms with E-state index in [1.165, 1.54) is 5.56 Å². The Morgan fingerprint density at radius 2 is 2.00 bits per heavy atom. The number of rotatable bonds is 4. The van der Waals surface area contributed by atoms with Crippen LogP contribution in [0.3, 0.4) is 0 Å². The normalized spacial score (nSPS) is 18.5. The summed E-state index contributed by atoms with van der Waals surface area (Å²) in [6, 6.07) is 14.5. The van der Waals surface area contributed by atoms with Gasteiger partial charge in [-0.1, -0.05) is 40.2 Å². The fourth-order valence-corrected chi connectivity index (χ4v) is 3.42. The lowest BCUT2D eigenvalue weighted by Crippen LogP contribution is -2.31. The summed E-state index contributed by atoms with van der Waals surface area (Å²) in [4.78, 5) is 0. The van der Waals surface area contributed by atoms with Crippen LogP contribution in [0.25, 0.3) is 0 Å². The SMILES string of the molecule is CC(Cc1ccc(Br)cc1)NC1CCc2c(F)cccc21. The number of fused-ring (bicyclic) bond motifs is 1. The van der Waals surface area contributed by atoms with Gasteiger partial charge in [-0.2, -0.15) is 0 Å². The third kappa shape index (κ3) is 3.35. The zero-order valence-electron chi connectivity index (χ0n) is 12.1. The van der Waals surface area contributed by atoms with E-state index in [0.29, 0.717) is 6.04 Å². The van der Waals surface area contributed by atoms with E-state index in [4.69, 9.17) is 0 Å². The summed E-state index contributed by atoms with van der Waals surface area (Å²) in [5.41, 5.74) is 3.35. The van der Waals surface area contributed by atoms with Crippen LogP contribution in [0.2, 0.25) is 0 Å². The number of hydrogen-bond acceptors (Lipinski definition) is 1.